The van der Waals surface area contributed by atoms with Crippen LogP contribution in [-0.4, -0.2) is 42.0 Å². The molecule has 1 fully saturated rings. The van der Waals surface area contributed by atoms with Gasteiger partial charge in [0.2, 0.25) is 15.9 Å². The van der Waals surface area contributed by atoms with E-state index in [9.17, 15) is 13.2 Å². The fourth-order valence-electron chi connectivity index (χ4n) is 2.50. The summed E-state index contributed by atoms with van der Waals surface area (Å²) in [6.07, 6.45) is 1.62. The molecule has 0 saturated carbocycles. The number of carbonyl (C=O) groups is 1. The van der Waals surface area contributed by atoms with Gasteiger partial charge in [0, 0.05) is 20.0 Å². The summed E-state index contributed by atoms with van der Waals surface area (Å²) in [4.78, 5) is 12.1. The number of hydrogen-bond donors (Lipinski definition) is 0. The Labute approximate surface area is 149 Å². The quantitative estimate of drug-likeness (QED) is 0.726. The van der Waals surface area contributed by atoms with Crippen molar-refractivity contribution in [3.05, 3.63) is 40.6 Å². The zero-order valence-corrected chi connectivity index (χ0v) is 15.0. The van der Waals surface area contributed by atoms with E-state index in [1.54, 1.807) is 6.92 Å². The van der Waals surface area contributed by atoms with Gasteiger partial charge in [-0.05, 0) is 31.0 Å². The van der Waals surface area contributed by atoms with Crippen LogP contribution in [0.2, 0.25) is 5.02 Å². The van der Waals surface area contributed by atoms with Crippen LogP contribution in [0.3, 0.4) is 0 Å². The van der Waals surface area contributed by atoms with Crippen LogP contribution in [-0.2, 0) is 21.4 Å². The number of nitrogens with zero attached hydrogens (tertiary/aromatic N) is 3. The third kappa shape index (κ3) is 3.83. The van der Waals surface area contributed by atoms with Crippen molar-refractivity contribution in [2.45, 2.75) is 31.3 Å². The van der Waals surface area contributed by atoms with Gasteiger partial charge in [0.25, 0.3) is 5.89 Å². The van der Waals surface area contributed by atoms with Crippen LogP contribution in [0.4, 0.5) is 0 Å². The van der Waals surface area contributed by atoms with Gasteiger partial charge in [-0.15, -0.1) is 10.2 Å². The van der Waals surface area contributed by atoms with E-state index in [4.69, 9.17) is 20.8 Å². The van der Waals surface area contributed by atoms with Gasteiger partial charge in [0.15, 0.2) is 6.61 Å². The molecule has 0 atom stereocenters. The fourth-order valence-corrected chi connectivity index (χ4v) is 4.52. The van der Waals surface area contributed by atoms with Crippen molar-refractivity contribution in [1.82, 2.24) is 14.5 Å². The standard InChI is InChI=1S/C15H16ClN3O5S/c1-10-17-18-14(24-10)9-23-15(20)11-4-5-12(16)13(8-11)25(21,22)19-6-2-3-7-19/h4-5,8H,2-3,6-7,9H2,1H3. The Kier molecular flexibility index (Phi) is 5.07. The molecule has 0 spiro atoms. The summed E-state index contributed by atoms with van der Waals surface area (Å²) in [5.41, 5.74) is 0.0819. The van der Waals surface area contributed by atoms with E-state index in [-0.39, 0.29) is 28.0 Å². The lowest BCUT2D eigenvalue weighted by molar-refractivity contribution is 0.0436. The monoisotopic (exact) mass is 385 g/mol. The summed E-state index contributed by atoms with van der Waals surface area (Å²) in [6, 6.07) is 4.02. The minimum atomic E-state index is -3.74. The van der Waals surface area contributed by atoms with Gasteiger partial charge in [-0.3, -0.25) is 0 Å². The van der Waals surface area contributed by atoms with Crippen molar-refractivity contribution >= 4 is 27.6 Å². The molecule has 25 heavy (non-hydrogen) atoms. The lowest BCUT2D eigenvalue weighted by Gasteiger charge is -2.17. The number of esters is 1. The third-order valence-corrected chi connectivity index (χ3v) is 6.12. The first-order valence-electron chi connectivity index (χ1n) is 7.64. The normalized spacial score (nSPS) is 15.4. The van der Waals surface area contributed by atoms with E-state index < -0.39 is 16.0 Å². The molecule has 134 valence electrons. The smallest absolute Gasteiger partial charge is 0.338 e. The second kappa shape index (κ2) is 7.11. The Morgan fingerprint density at radius 1 is 1.32 bits per heavy atom. The highest BCUT2D eigenvalue weighted by Gasteiger charge is 2.30. The first kappa shape index (κ1) is 17.8. The molecular formula is C15H16ClN3O5S. The molecule has 0 radical (unpaired) electrons. The summed E-state index contributed by atoms with van der Waals surface area (Å²) in [5.74, 6) is -0.188. The molecule has 1 saturated heterocycles. The average molecular weight is 386 g/mol. The highest BCUT2D eigenvalue weighted by Crippen LogP contribution is 2.28. The number of rotatable bonds is 5. The number of sulfonamides is 1. The van der Waals surface area contributed by atoms with Gasteiger partial charge in [-0.1, -0.05) is 11.6 Å². The van der Waals surface area contributed by atoms with Gasteiger partial charge in [0.1, 0.15) is 4.90 Å². The minimum Gasteiger partial charge on any atom is -0.452 e. The molecule has 3 rings (SSSR count). The third-order valence-electron chi connectivity index (χ3n) is 3.74. The van der Waals surface area contributed by atoms with E-state index in [1.165, 1.54) is 22.5 Å². The Hall–Kier alpha value is -1.97. The van der Waals surface area contributed by atoms with Gasteiger partial charge in [-0.25, -0.2) is 13.2 Å². The summed E-state index contributed by atoms with van der Waals surface area (Å²) in [6.45, 7) is 2.32. The number of hydrogen-bond acceptors (Lipinski definition) is 7. The van der Waals surface area contributed by atoms with Crippen molar-refractivity contribution in [2.24, 2.45) is 0 Å². The van der Waals surface area contributed by atoms with Crippen molar-refractivity contribution in [3.8, 4) is 0 Å². The zero-order valence-electron chi connectivity index (χ0n) is 13.4. The predicted octanol–water partition coefficient (Wildman–Crippen LogP) is 2.17. The number of aryl methyl sites for hydroxylation is 1. The summed E-state index contributed by atoms with van der Waals surface area (Å²) >= 11 is 6.05. The second-order valence-electron chi connectivity index (χ2n) is 5.55. The summed E-state index contributed by atoms with van der Waals surface area (Å²) in [5, 5.41) is 7.41. The molecule has 0 amide bonds. The lowest BCUT2D eigenvalue weighted by atomic mass is 10.2. The number of benzene rings is 1. The maximum atomic E-state index is 12.7. The molecular weight excluding hydrogens is 370 g/mol. The Balaban J connectivity index is 1.79. The second-order valence-corrected chi connectivity index (χ2v) is 7.86. The first-order valence-corrected chi connectivity index (χ1v) is 9.45. The van der Waals surface area contributed by atoms with Crippen LogP contribution in [0.15, 0.2) is 27.5 Å². The van der Waals surface area contributed by atoms with E-state index in [1.807, 2.05) is 0 Å². The summed E-state index contributed by atoms with van der Waals surface area (Å²) < 4.78 is 36.9. The zero-order chi connectivity index (χ0) is 18.0. The van der Waals surface area contributed by atoms with Gasteiger partial charge < -0.3 is 9.15 Å². The predicted molar refractivity (Wildman–Crippen MR) is 87.6 cm³/mol. The van der Waals surface area contributed by atoms with Crippen molar-refractivity contribution in [1.29, 1.82) is 0 Å². The van der Waals surface area contributed by atoms with Crippen LogP contribution < -0.4 is 0 Å². The number of carbonyl (C=O) groups excluding carboxylic acids is 1. The molecule has 10 heteroatoms. The minimum absolute atomic E-state index is 0.0657. The molecule has 0 unspecified atom stereocenters. The van der Waals surface area contributed by atoms with Gasteiger partial charge >= 0.3 is 5.97 Å². The van der Waals surface area contributed by atoms with Crippen LogP contribution in [0.5, 0.6) is 0 Å². The van der Waals surface area contributed by atoms with Gasteiger partial charge in [0.05, 0.1) is 10.6 Å². The van der Waals surface area contributed by atoms with E-state index >= 15 is 0 Å². The highest BCUT2D eigenvalue weighted by molar-refractivity contribution is 7.89. The van der Waals surface area contributed by atoms with E-state index in [2.05, 4.69) is 10.2 Å². The van der Waals surface area contributed by atoms with Crippen LogP contribution in [0, 0.1) is 6.92 Å². The largest absolute Gasteiger partial charge is 0.452 e. The lowest BCUT2D eigenvalue weighted by Crippen LogP contribution is -2.28. The first-order chi connectivity index (χ1) is 11.9. The van der Waals surface area contributed by atoms with Crippen LogP contribution >= 0.6 is 11.6 Å². The summed E-state index contributed by atoms with van der Waals surface area (Å²) in [7, 11) is -3.74. The molecule has 2 heterocycles. The maximum absolute atomic E-state index is 12.7. The van der Waals surface area contributed by atoms with Crippen molar-refractivity contribution in [3.63, 3.8) is 0 Å². The Bertz CT molecular complexity index is 890. The molecule has 1 aliphatic rings. The maximum Gasteiger partial charge on any atom is 0.338 e. The topological polar surface area (TPSA) is 103 Å². The fraction of sp³-hybridized carbons (Fsp3) is 0.400. The molecule has 1 aromatic heterocycles. The highest BCUT2D eigenvalue weighted by atomic mass is 35.5. The number of halogens is 1. The molecule has 1 aromatic carbocycles. The SMILES string of the molecule is Cc1nnc(COC(=O)c2ccc(Cl)c(S(=O)(=O)N3CCCC3)c2)o1. The number of ether oxygens (including phenoxy) is 1. The molecule has 1 aliphatic heterocycles. The molecule has 0 bridgehead atoms. The Morgan fingerprint density at radius 2 is 2.04 bits per heavy atom. The molecule has 0 N–H and O–H groups in total. The van der Waals surface area contributed by atoms with Crippen molar-refractivity contribution in [2.75, 3.05) is 13.1 Å². The average Bonchev–Trinajstić information content (AvgIpc) is 3.24. The molecule has 2 aromatic rings. The molecule has 8 nitrogen and oxygen atoms in total. The van der Waals surface area contributed by atoms with Crippen molar-refractivity contribution < 1.29 is 22.4 Å². The Morgan fingerprint density at radius 3 is 2.68 bits per heavy atom. The number of aromatic nitrogens is 2. The van der Waals surface area contributed by atoms with Crippen LogP contribution in [0.1, 0.15) is 35.0 Å². The van der Waals surface area contributed by atoms with E-state index in [0.717, 1.165) is 12.8 Å². The molecule has 0 aliphatic carbocycles. The van der Waals surface area contributed by atoms with E-state index in [0.29, 0.717) is 19.0 Å². The van der Waals surface area contributed by atoms with Crippen LogP contribution in [0.25, 0.3) is 0 Å². The van der Waals surface area contributed by atoms with Gasteiger partial charge in [-0.2, -0.15) is 4.31 Å².